The molecule has 0 atom stereocenters. The van der Waals surface area contributed by atoms with Gasteiger partial charge in [-0.2, -0.15) is 0 Å². The fraction of sp³-hybridized carbons (Fsp3) is 0.167. The first-order valence-corrected chi connectivity index (χ1v) is 8.09. The van der Waals surface area contributed by atoms with Gasteiger partial charge in [0.15, 0.2) is 5.11 Å². The van der Waals surface area contributed by atoms with E-state index in [0.717, 1.165) is 6.42 Å². The minimum Gasteiger partial charge on any atom is -0.494 e. The lowest BCUT2D eigenvalue weighted by molar-refractivity contribution is 0.0696. The predicted molar refractivity (Wildman–Crippen MR) is 99.3 cm³/mol. The van der Waals surface area contributed by atoms with Crippen LogP contribution in [0.1, 0.15) is 34.1 Å². The van der Waals surface area contributed by atoms with Gasteiger partial charge in [0.25, 0.3) is 5.91 Å². The number of carbonyl (C=O) groups excluding carboxylic acids is 1. The number of thiocarbonyl (C=S) groups is 1. The van der Waals surface area contributed by atoms with Crippen LogP contribution in [-0.4, -0.2) is 28.7 Å². The molecule has 0 aliphatic heterocycles. The number of benzene rings is 2. The molecule has 0 aliphatic rings. The number of ether oxygens (including phenoxy) is 1. The van der Waals surface area contributed by atoms with E-state index >= 15 is 0 Å². The number of aromatic carboxylic acids is 1. The zero-order valence-corrected chi connectivity index (χ0v) is 14.4. The fourth-order valence-electron chi connectivity index (χ4n) is 1.96. The Labute approximate surface area is 150 Å². The molecule has 130 valence electrons. The van der Waals surface area contributed by atoms with Crippen molar-refractivity contribution in [1.29, 1.82) is 0 Å². The average Bonchev–Trinajstić information content (AvgIpc) is 2.60. The van der Waals surface area contributed by atoms with Crippen molar-refractivity contribution in [3.8, 4) is 5.75 Å². The Hall–Kier alpha value is -2.93. The van der Waals surface area contributed by atoms with E-state index in [1.165, 1.54) is 12.1 Å². The van der Waals surface area contributed by atoms with Crippen molar-refractivity contribution in [1.82, 2.24) is 5.32 Å². The van der Waals surface area contributed by atoms with Crippen LogP contribution in [-0.2, 0) is 0 Å². The average molecular weight is 358 g/mol. The monoisotopic (exact) mass is 358 g/mol. The van der Waals surface area contributed by atoms with Crippen LogP contribution in [0.25, 0.3) is 0 Å². The van der Waals surface area contributed by atoms with Crippen LogP contribution in [0.4, 0.5) is 5.69 Å². The summed E-state index contributed by atoms with van der Waals surface area (Å²) in [6, 6.07) is 12.8. The van der Waals surface area contributed by atoms with Crippen molar-refractivity contribution >= 4 is 34.9 Å². The first-order valence-electron chi connectivity index (χ1n) is 7.68. The first-order chi connectivity index (χ1) is 12.0. The third-order valence-electron chi connectivity index (χ3n) is 3.21. The molecule has 3 N–H and O–H groups in total. The third kappa shape index (κ3) is 5.58. The van der Waals surface area contributed by atoms with E-state index in [1.54, 1.807) is 36.4 Å². The van der Waals surface area contributed by atoms with Crippen LogP contribution >= 0.6 is 12.2 Å². The molecule has 6 nitrogen and oxygen atoms in total. The number of carboxylic acids is 1. The maximum atomic E-state index is 12.2. The molecule has 2 aromatic carbocycles. The number of amides is 1. The highest BCUT2D eigenvalue weighted by Crippen LogP contribution is 2.13. The number of nitrogens with one attached hydrogen (secondary N) is 2. The highest BCUT2D eigenvalue weighted by molar-refractivity contribution is 7.80. The maximum Gasteiger partial charge on any atom is 0.335 e. The van der Waals surface area contributed by atoms with Gasteiger partial charge in [-0.15, -0.1) is 0 Å². The van der Waals surface area contributed by atoms with Crippen LogP contribution in [0.3, 0.4) is 0 Å². The van der Waals surface area contributed by atoms with Crippen molar-refractivity contribution < 1.29 is 19.4 Å². The van der Waals surface area contributed by atoms with Gasteiger partial charge < -0.3 is 15.2 Å². The normalized spacial score (nSPS) is 9.96. The van der Waals surface area contributed by atoms with Crippen LogP contribution < -0.4 is 15.4 Å². The summed E-state index contributed by atoms with van der Waals surface area (Å²) < 4.78 is 5.46. The third-order valence-corrected chi connectivity index (χ3v) is 3.41. The molecule has 0 fully saturated rings. The van der Waals surface area contributed by atoms with Crippen molar-refractivity contribution in [2.75, 3.05) is 11.9 Å². The second kappa shape index (κ2) is 8.79. The van der Waals surface area contributed by atoms with Crippen molar-refractivity contribution in [2.24, 2.45) is 0 Å². The lowest BCUT2D eigenvalue weighted by Crippen LogP contribution is -2.34. The summed E-state index contributed by atoms with van der Waals surface area (Å²) in [4.78, 5) is 23.0. The van der Waals surface area contributed by atoms with Crippen molar-refractivity contribution in [3.05, 3.63) is 59.7 Å². The summed E-state index contributed by atoms with van der Waals surface area (Å²) >= 11 is 5.10. The van der Waals surface area contributed by atoms with Gasteiger partial charge in [0.2, 0.25) is 0 Å². The SMILES string of the molecule is CCCOc1ccc(C(=O)NC(=S)Nc2ccc(C(=O)O)cc2)cc1. The highest BCUT2D eigenvalue weighted by Gasteiger charge is 2.09. The van der Waals surface area contributed by atoms with E-state index in [0.29, 0.717) is 23.6 Å². The lowest BCUT2D eigenvalue weighted by atomic mass is 10.2. The molecule has 0 saturated carbocycles. The number of carboxylic acid groups (broad SMARTS) is 1. The molecule has 0 aliphatic carbocycles. The van der Waals surface area contributed by atoms with Crippen LogP contribution in [0.2, 0.25) is 0 Å². The summed E-state index contributed by atoms with van der Waals surface area (Å²) in [5.74, 6) is -0.645. The van der Waals surface area contributed by atoms with Gasteiger partial charge in [0, 0.05) is 11.3 Å². The number of hydrogen-bond acceptors (Lipinski definition) is 4. The van der Waals surface area contributed by atoms with Gasteiger partial charge in [-0.05, 0) is 67.2 Å². The van der Waals surface area contributed by atoms with E-state index in [-0.39, 0.29) is 16.6 Å². The molecule has 0 radical (unpaired) electrons. The van der Waals surface area contributed by atoms with E-state index in [2.05, 4.69) is 10.6 Å². The van der Waals surface area contributed by atoms with Crippen LogP contribution in [0.5, 0.6) is 5.75 Å². The smallest absolute Gasteiger partial charge is 0.335 e. The first kappa shape index (κ1) is 18.4. The molecule has 0 unspecified atom stereocenters. The van der Waals surface area contributed by atoms with Gasteiger partial charge >= 0.3 is 5.97 Å². The Morgan fingerprint density at radius 2 is 1.64 bits per heavy atom. The molecule has 7 heteroatoms. The van der Waals surface area contributed by atoms with Gasteiger partial charge in [0.05, 0.1) is 12.2 Å². The van der Waals surface area contributed by atoms with Gasteiger partial charge in [-0.1, -0.05) is 6.92 Å². The number of rotatable bonds is 6. The molecule has 0 heterocycles. The number of hydrogen-bond donors (Lipinski definition) is 3. The zero-order chi connectivity index (χ0) is 18.2. The maximum absolute atomic E-state index is 12.2. The largest absolute Gasteiger partial charge is 0.494 e. The van der Waals surface area contributed by atoms with Gasteiger partial charge in [-0.25, -0.2) is 4.79 Å². The Morgan fingerprint density at radius 1 is 1.04 bits per heavy atom. The topological polar surface area (TPSA) is 87.7 Å². The molecule has 0 spiro atoms. The van der Waals surface area contributed by atoms with Crippen LogP contribution in [0.15, 0.2) is 48.5 Å². The Bertz CT molecular complexity index is 758. The minimum absolute atomic E-state index is 0.124. The van der Waals surface area contributed by atoms with E-state index in [9.17, 15) is 9.59 Å². The fourth-order valence-corrected chi connectivity index (χ4v) is 2.17. The number of anilines is 1. The van der Waals surface area contributed by atoms with Crippen LogP contribution in [0, 0.1) is 0 Å². The van der Waals surface area contributed by atoms with E-state index in [4.69, 9.17) is 22.1 Å². The summed E-state index contributed by atoms with van der Waals surface area (Å²) in [5.41, 5.74) is 1.21. The molecule has 0 saturated heterocycles. The summed E-state index contributed by atoms with van der Waals surface area (Å²) in [7, 11) is 0. The van der Waals surface area contributed by atoms with E-state index < -0.39 is 5.97 Å². The molecule has 25 heavy (non-hydrogen) atoms. The minimum atomic E-state index is -1.01. The quantitative estimate of drug-likeness (QED) is 0.687. The second-order valence-electron chi connectivity index (χ2n) is 5.16. The summed E-state index contributed by atoms with van der Waals surface area (Å²) in [5, 5.41) is 14.4. The molecule has 0 aromatic heterocycles. The Kier molecular flexibility index (Phi) is 6.47. The molecule has 0 bridgehead atoms. The highest BCUT2D eigenvalue weighted by atomic mass is 32.1. The van der Waals surface area contributed by atoms with Crippen molar-refractivity contribution in [3.63, 3.8) is 0 Å². The predicted octanol–water partition coefficient (Wildman–Crippen LogP) is 3.30. The summed E-state index contributed by atoms with van der Waals surface area (Å²) in [6.45, 7) is 2.64. The second-order valence-corrected chi connectivity index (χ2v) is 5.57. The zero-order valence-electron chi connectivity index (χ0n) is 13.6. The standard InChI is InChI=1S/C18H18N2O4S/c1-2-11-24-15-9-5-12(6-10-15)16(21)20-18(25)19-14-7-3-13(4-8-14)17(22)23/h3-10H,2,11H2,1H3,(H,22,23)(H2,19,20,21,25). The van der Waals surface area contributed by atoms with Gasteiger partial charge in [-0.3, -0.25) is 10.1 Å². The molecule has 2 rings (SSSR count). The number of carbonyl (C=O) groups is 2. The van der Waals surface area contributed by atoms with Gasteiger partial charge in [0.1, 0.15) is 5.75 Å². The summed E-state index contributed by atoms with van der Waals surface area (Å²) in [6.07, 6.45) is 0.912. The Balaban J connectivity index is 1.91. The molecule has 1 amide bonds. The molecule has 2 aromatic rings. The molecular weight excluding hydrogens is 340 g/mol. The lowest BCUT2D eigenvalue weighted by Gasteiger charge is -2.10. The van der Waals surface area contributed by atoms with E-state index in [1.807, 2.05) is 6.92 Å². The molecular formula is C18H18N2O4S. The van der Waals surface area contributed by atoms with Crippen molar-refractivity contribution in [2.45, 2.75) is 13.3 Å². The Morgan fingerprint density at radius 3 is 2.20 bits per heavy atom.